The summed E-state index contributed by atoms with van der Waals surface area (Å²) in [4.78, 5) is 17.5. The molecular weight excluding hydrogens is 317 g/mol. The highest BCUT2D eigenvalue weighted by atomic mass is 19.1. The van der Waals surface area contributed by atoms with Crippen LogP contribution in [0.15, 0.2) is 48.5 Å². The molecule has 0 unspecified atom stereocenters. The molecule has 0 amide bonds. The number of nitrogens with zero attached hydrogens (tertiary/aromatic N) is 1. The quantitative estimate of drug-likeness (QED) is 0.623. The number of benzene rings is 2. The molecule has 25 heavy (non-hydrogen) atoms. The van der Waals surface area contributed by atoms with Crippen LogP contribution in [-0.2, 0) is 4.74 Å². The number of hydrogen-bond acceptors (Lipinski definition) is 3. The standard InChI is InChI=1S/C21H18FNO2/c1-2-25-21(24)19-18(13-9-11-15(22)12-10-13)16-5-3-4-6-17(16)23-20(19)14-7-8-14/h3-6,9-12,14H,2,7-8H2,1H3. The molecule has 0 radical (unpaired) electrons. The van der Waals surface area contributed by atoms with Gasteiger partial charge in [0.15, 0.2) is 0 Å². The van der Waals surface area contributed by atoms with Gasteiger partial charge in [0, 0.05) is 16.9 Å². The van der Waals surface area contributed by atoms with Crippen LogP contribution in [-0.4, -0.2) is 17.6 Å². The van der Waals surface area contributed by atoms with Crippen molar-refractivity contribution < 1.29 is 13.9 Å². The number of carbonyl (C=O) groups excluding carboxylic acids is 1. The fourth-order valence-electron chi connectivity index (χ4n) is 3.21. The predicted octanol–water partition coefficient (Wildman–Crippen LogP) is 5.10. The van der Waals surface area contributed by atoms with Crippen LogP contribution in [0.25, 0.3) is 22.0 Å². The lowest BCUT2D eigenvalue weighted by molar-refractivity contribution is 0.0525. The maximum Gasteiger partial charge on any atom is 0.340 e. The summed E-state index contributed by atoms with van der Waals surface area (Å²) in [5.41, 5.74) is 3.75. The lowest BCUT2D eigenvalue weighted by atomic mass is 9.93. The SMILES string of the molecule is CCOC(=O)c1c(C2CC2)nc2ccccc2c1-c1ccc(F)cc1. The number of ether oxygens (including phenoxy) is 1. The molecule has 3 nitrogen and oxygen atoms in total. The molecule has 0 aliphatic heterocycles. The molecule has 0 bridgehead atoms. The molecule has 2 aromatic carbocycles. The summed E-state index contributed by atoms with van der Waals surface area (Å²) < 4.78 is 18.7. The van der Waals surface area contributed by atoms with E-state index in [2.05, 4.69) is 0 Å². The summed E-state index contributed by atoms with van der Waals surface area (Å²) in [6.45, 7) is 2.10. The Bertz CT molecular complexity index is 946. The van der Waals surface area contributed by atoms with Crippen LogP contribution >= 0.6 is 0 Å². The molecule has 0 saturated heterocycles. The highest BCUT2D eigenvalue weighted by molar-refractivity contribution is 6.08. The molecule has 3 aromatic rings. The van der Waals surface area contributed by atoms with Gasteiger partial charge in [0.05, 0.1) is 23.4 Å². The van der Waals surface area contributed by atoms with E-state index >= 15 is 0 Å². The summed E-state index contributed by atoms with van der Waals surface area (Å²) in [6, 6.07) is 14.0. The van der Waals surface area contributed by atoms with E-state index in [0.717, 1.165) is 40.6 Å². The Labute approximate surface area is 145 Å². The monoisotopic (exact) mass is 335 g/mol. The zero-order valence-corrected chi connectivity index (χ0v) is 14.0. The van der Waals surface area contributed by atoms with Crippen molar-refractivity contribution in [1.82, 2.24) is 4.98 Å². The molecule has 126 valence electrons. The van der Waals surface area contributed by atoms with Crippen molar-refractivity contribution in [3.8, 4) is 11.1 Å². The van der Waals surface area contributed by atoms with Gasteiger partial charge in [-0.2, -0.15) is 0 Å². The van der Waals surface area contributed by atoms with Crippen LogP contribution in [0.2, 0.25) is 0 Å². The van der Waals surface area contributed by atoms with Gasteiger partial charge in [-0.3, -0.25) is 4.98 Å². The lowest BCUT2D eigenvalue weighted by Crippen LogP contribution is -2.12. The van der Waals surface area contributed by atoms with Gasteiger partial charge in [0.2, 0.25) is 0 Å². The molecule has 0 atom stereocenters. The van der Waals surface area contributed by atoms with E-state index in [9.17, 15) is 9.18 Å². The number of esters is 1. The van der Waals surface area contributed by atoms with Gasteiger partial charge in [-0.05, 0) is 43.5 Å². The maximum absolute atomic E-state index is 13.4. The topological polar surface area (TPSA) is 39.2 Å². The molecule has 4 heteroatoms. The summed E-state index contributed by atoms with van der Waals surface area (Å²) in [6.07, 6.45) is 2.06. The van der Waals surface area contributed by atoms with Crippen molar-refractivity contribution >= 4 is 16.9 Å². The van der Waals surface area contributed by atoms with Crippen molar-refractivity contribution in [1.29, 1.82) is 0 Å². The molecular formula is C21H18FNO2. The predicted molar refractivity (Wildman–Crippen MR) is 95.1 cm³/mol. The molecule has 1 saturated carbocycles. The molecule has 1 aliphatic rings. The minimum Gasteiger partial charge on any atom is -0.462 e. The zero-order valence-electron chi connectivity index (χ0n) is 14.0. The Hall–Kier alpha value is -2.75. The zero-order chi connectivity index (χ0) is 17.4. The van der Waals surface area contributed by atoms with Gasteiger partial charge in [0.1, 0.15) is 5.82 Å². The minimum atomic E-state index is -0.359. The Morgan fingerprint density at radius 3 is 2.56 bits per heavy atom. The number of pyridine rings is 1. The van der Waals surface area contributed by atoms with Gasteiger partial charge in [0.25, 0.3) is 0 Å². The first-order valence-corrected chi connectivity index (χ1v) is 8.54. The Morgan fingerprint density at radius 1 is 1.16 bits per heavy atom. The normalized spacial score (nSPS) is 13.8. The third kappa shape index (κ3) is 2.88. The summed E-state index contributed by atoms with van der Waals surface area (Å²) in [5, 5.41) is 0.876. The fourth-order valence-corrected chi connectivity index (χ4v) is 3.21. The van der Waals surface area contributed by atoms with Crippen LogP contribution in [0, 0.1) is 5.82 Å². The van der Waals surface area contributed by atoms with E-state index in [1.54, 1.807) is 19.1 Å². The number of hydrogen-bond donors (Lipinski definition) is 0. The van der Waals surface area contributed by atoms with Gasteiger partial charge >= 0.3 is 5.97 Å². The Kier molecular flexibility index (Phi) is 3.96. The van der Waals surface area contributed by atoms with E-state index in [1.807, 2.05) is 24.3 Å². The van der Waals surface area contributed by atoms with Crippen LogP contribution in [0.1, 0.15) is 41.7 Å². The molecule has 1 aromatic heterocycles. The number of halogens is 1. The van der Waals surface area contributed by atoms with E-state index in [-0.39, 0.29) is 11.8 Å². The second-order valence-electron chi connectivity index (χ2n) is 6.27. The lowest BCUT2D eigenvalue weighted by Gasteiger charge is -2.16. The molecule has 0 N–H and O–H groups in total. The first kappa shape index (κ1) is 15.8. The van der Waals surface area contributed by atoms with Crippen molar-refractivity contribution in [3.63, 3.8) is 0 Å². The van der Waals surface area contributed by atoms with E-state index in [0.29, 0.717) is 18.1 Å². The molecule has 1 heterocycles. The average molecular weight is 335 g/mol. The second kappa shape index (κ2) is 6.28. The number of para-hydroxylation sites is 1. The van der Waals surface area contributed by atoms with E-state index in [4.69, 9.17) is 9.72 Å². The number of aromatic nitrogens is 1. The largest absolute Gasteiger partial charge is 0.462 e. The van der Waals surface area contributed by atoms with Crippen molar-refractivity contribution in [3.05, 3.63) is 65.6 Å². The summed E-state index contributed by atoms with van der Waals surface area (Å²) in [7, 11) is 0. The van der Waals surface area contributed by atoms with Crippen molar-refractivity contribution in [2.75, 3.05) is 6.61 Å². The number of rotatable bonds is 4. The van der Waals surface area contributed by atoms with E-state index in [1.165, 1.54) is 12.1 Å². The Morgan fingerprint density at radius 2 is 1.88 bits per heavy atom. The van der Waals surface area contributed by atoms with Gasteiger partial charge < -0.3 is 4.74 Å². The molecule has 4 rings (SSSR count). The minimum absolute atomic E-state index is 0.295. The number of carbonyl (C=O) groups is 1. The first-order chi connectivity index (χ1) is 12.2. The Balaban J connectivity index is 2.06. The van der Waals surface area contributed by atoms with E-state index < -0.39 is 0 Å². The second-order valence-corrected chi connectivity index (χ2v) is 6.27. The molecule has 0 spiro atoms. The maximum atomic E-state index is 13.4. The molecule has 1 aliphatic carbocycles. The number of fused-ring (bicyclic) bond motifs is 1. The van der Waals surface area contributed by atoms with Gasteiger partial charge in [-0.15, -0.1) is 0 Å². The fraction of sp³-hybridized carbons (Fsp3) is 0.238. The first-order valence-electron chi connectivity index (χ1n) is 8.54. The summed E-state index contributed by atoms with van der Waals surface area (Å²) in [5.74, 6) is -0.368. The van der Waals surface area contributed by atoms with Crippen LogP contribution < -0.4 is 0 Å². The summed E-state index contributed by atoms with van der Waals surface area (Å²) >= 11 is 0. The van der Waals surface area contributed by atoms with Crippen LogP contribution in [0.4, 0.5) is 4.39 Å². The van der Waals surface area contributed by atoms with Crippen molar-refractivity contribution in [2.45, 2.75) is 25.7 Å². The van der Waals surface area contributed by atoms with Gasteiger partial charge in [-0.1, -0.05) is 30.3 Å². The van der Waals surface area contributed by atoms with Gasteiger partial charge in [-0.25, -0.2) is 9.18 Å². The highest BCUT2D eigenvalue weighted by Crippen LogP contribution is 2.45. The third-order valence-corrected chi connectivity index (χ3v) is 4.50. The average Bonchev–Trinajstić information content (AvgIpc) is 3.46. The third-order valence-electron chi connectivity index (χ3n) is 4.50. The van der Waals surface area contributed by atoms with Crippen LogP contribution in [0.3, 0.4) is 0 Å². The highest BCUT2D eigenvalue weighted by Gasteiger charge is 2.33. The molecule has 1 fully saturated rings. The smallest absolute Gasteiger partial charge is 0.340 e. The van der Waals surface area contributed by atoms with Crippen molar-refractivity contribution in [2.24, 2.45) is 0 Å². The van der Waals surface area contributed by atoms with Crippen LogP contribution in [0.5, 0.6) is 0 Å².